The number of benzene rings is 2. The Morgan fingerprint density at radius 1 is 1.24 bits per heavy atom. The van der Waals surface area contributed by atoms with E-state index in [1.54, 1.807) is 31.2 Å². The molecule has 1 unspecified atom stereocenters. The topological polar surface area (TPSA) is 55.4 Å². The first-order valence-electron chi connectivity index (χ1n) is 6.37. The summed E-state index contributed by atoms with van der Waals surface area (Å²) in [6.07, 6.45) is -0.338. The van der Waals surface area contributed by atoms with Crippen molar-refractivity contribution in [3.63, 3.8) is 0 Å². The lowest BCUT2D eigenvalue weighted by molar-refractivity contribution is -0.122. The molecular formula is C16H14FNO3. The van der Waals surface area contributed by atoms with Crippen LogP contribution >= 0.6 is 0 Å². The molecule has 2 aromatic carbocycles. The molecular weight excluding hydrogens is 273 g/mol. The Bertz CT molecular complexity index is 643. The maximum Gasteiger partial charge on any atom is 0.265 e. The summed E-state index contributed by atoms with van der Waals surface area (Å²) in [6, 6.07) is 12.5. The van der Waals surface area contributed by atoms with Crippen LogP contribution in [0.5, 0.6) is 5.75 Å². The summed E-state index contributed by atoms with van der Waals surface area (Å²) in [5.74, 6) is -0.727. The Kier molecular flexibility index (Phi) is 4.66. The predicted molar refractivity (Wildman–Crippen MR) is 76.9 cm³/mol. The van der Waals surface area contributed by atoms with Crippen LogP contribution in [0.4, 0.5) is 10.1 Å². The summed E-state index contributed by atoms with van der Waals surface area (Å²) in [6.45, 7) is 1.55. The number of amides is 1. The van der Waals surface area contributed by atoms with Gasteiger partial charge in [0.15, 0.2) is 12.4 Å². The molecule has 0 aromatic heterocycles. The number of aldehydes is 1. The first-order valence-corrected chi connectivity index (χ1v) is 6.37. The molecule has 0 aliphatic carbocycles. The van der Waals surface area contributed by atoms with Crippen LogP contribution in [0.3, 0.4) is 0 Å². The summed E-state index contributed by atoms with van der Waals surface area (Å²) in [4.78, 5) is 22.9. The third-order valence-corrected chi connectivity index (χ3v) is 2.81. The number of ether oxygens (including phenoxy) is 1. The number of hydrogen-bond donors (Lipinski definition) is 1. The molecule has 4 nitrogen and oxygen atoms in total. The summed E-state index contributed by atoms with van der Waals surface area (Å²) in [7, 11) is 0. The van der Waals surface area contributed by atoms with Gasteiger partial charge in [0.2, 0.25) is 0 Å². The summed E-state index contributed by atoms with van der Waals surface area (Å²) < 4.78 is 18.4. The zero-order valence-corrected chi connectivity index (χ0v) is 11.4. The second-order valence-corrected chi connectivity index (χ2v) is 4.42. The molecule has 1 amide bonds. The highest BCUT2D eigenvalue weighted by Gasteiger charge is 2.16. The van der Waals surface area contributed by atoms with Crippen molar-refractivity contribution in [2.45, 2.75) is 13.0 Å². The standard InChI is InChI=1S/C16H14FNO3/c1-11(16(20)18-14-5-3-2-4-6-14)21-15-8-7-13(17)9-12(15)10-19/h2-11H,1H3,(H,18,20). The van der Waals surface area contributed by atoms with Crippen molar-refractivity contribution < 1.29 is 18.7 Å². The van der Waals surface area contributed by atoms with E-state index < -0.39 is 11.9 Å². The van der Waals surface area contributed by atoms with Crippen LogP contribution in [0.1, 0.15) is 17.3 Å². The van der Waals surface area contributed by atoms with Crippen molar-refractivity contribution in [3.05, 3.63) is 59.9 Å². The van der Waals surface area contributed by atoms with Crippen LogP contribution in [0.15, 0.2) is 48.5 Å². The first kappa shape index (κ1) is 14.7. The maximum absolute atomic E-state index is 13.0. The average molecular weight is 287 g/mol. The van der Waals surface area contributed by atoms with Gasteiger partial charge in [0.1, 0.15) is 11.6 Å². The summed E-state index contributed by atoms with van der Waals surface area (Å²) in [5.41, 5.74) is 0.710. The molecule has 0 heterocycles. The fraction of sp³-hybridized carbons (Fsp3) is 0.125. The molecule has 0 saturated heterocycles. The van der Waals surface area contributed by atoms with Crippen molar-refractivity contribution in [1.29, 1.82) is 0 Å². The van der Waals surface area contributed by atoms with Gasteiger partial charge in [0.25, 0.3) is 5.91 Å². The molecule has 1 N–H and O–H groups in total. The minimum atomic E-state index is -0.825. The highest BCUT2D eigenvalue weighted by molar-refractivity contribution is 5.94. The second kappa shape index (κ2) is 6.65. The van der Waals surface area contributed by atoms with Gasteiger partial charge >= 0.3 is 0 Å². The lowest BCUT2D eigenvalue weighted by Gasteiger charge is -2.15. The average Bonchev–Trinajstić information content (AvgIpc) is 2.49. The van der Waals surface area contributed by atoms with Crippen molar-refractivity contribution in [2.24, 2.45) is 0 Å². The Labute approximate surface area is 121 Å². The SMILES string of the molecule is CC(Oc1ccc(F)cc1C=O)C(=O)Nc1ccccc1. The molecule has 1 atom stereocenters. The molecule has 108 valence electrons. The number of hydrogen-bond acceptors (Lipinski definition) is 3. The van der Waals surface area contributed by atoms with E-state index in [1.807, 2.05) is 6.07 Å². The van der Waals surface area contributed by atoms with Crippen LogP contribution in [-0.2, 0) is 4.79 Å². The normalized spacial score (nSPS) is 11.5. The van der Waals surface area contributed by atoms with E-state index in [4.69, 9.17) is 4.74 Å². The number of rotatable bonds is 5. The molecule has 0 bridgehead atoms. The lowest BCUT2D eigenvalue weighted by Crippen LogP contribution is -2.30. The quantitative estimate of drug-likeness (QED) is 0.860. The van der Waals surface area contributed by atoms with Gasteiger partial charge in [-0.3, -0.25) is 9.59 Å². The molecule has 2 aromatic rings. The van der Waals surface area contributed by atoms with Crippen molar-refractivity contribution in [3.8, 4) is 5.75 Å². The van der Waals surface area contributed by atoms with Crippen molar-refractivity contribution in [1.82, 2.24) is 0 Å². The van der Waals surface area contributed by atoms with Crippen LogP contribution in [0.25, 0.3) is 0 Å². The zero-order valence-electron chi connectivity index (χ0n) is 11.4. The van der Waals surface area contributed by atoms with E-state index >= 15 is 0 Å². The highest BCUT2D eigenvalue weighted by Crippen LogP contribution is 2.19. The van der Waals surface area contributed by atoms with Crippen molar-refractivity contribution in [2.75, 3.05) is 5.32 Å². The van der Waals surface area contributed by atoms with Gasteiger partial charge in [-0.15, -0.1) is 0 Å². The molecule has 5 heteroatoms. The smallest absolute Gasteiger partial charge is 0.265 e. The number of carbonyl (C=O) groups is 2. The maximum atomic E-state index is 13.0. The summed E-state index contributed by atoms with van der Waals surface area (Å²) in [5, 5.41) is 2.68. The molecule has 0 radical (unpaired) electrons. The fourth-order valence-corrected chi connectivity index (χ4v) is 1.73. The zero-order chi connectivity index (χ0) is 15.2. The molecule has 2 rings (SSSR count). The van der Waals surface area contributed by atoms with Gasteiger partial charge in [-0.05, 0) is 37.3 Å². The Morgan fingerprint density at radius 2 is 1.95 bits per heavy atom. The number of nitrogens with one attached hydrogen (secondary N) is 1. The molecule has 0 fully saturated rings. The molecule has 0 aliphatic rings. The van der Waals surface area contributed by atoms with Gasteiger partial charge in [0.05, 0.1) is 5.56 Å². The van der Waals surface area contributed by atoms with E-state index in [1.165, 1.54) is 12.1 Å². The van der Waals surface area contributed by atoms with E-state index in [0.29, 0.717) is 12.0 Å². The number of para-hydroxylation sites is 1. The van der Waals surface area contributed by atoms with E-state index in [0.717, 1.165) is 6.07 Å². The van der Waals surface area contributed by atoms with Crippen molar-refractivity contribution >= 4 is 17.9 Å². The van der Waals surface area contributed by atoms with Crippen LogP contribution in [0.2, 0.25) is 0 Å². The monoisotopic (exact) mass is 287 g/mol. The minimum Gasteiger partial charge on any atom is -0.480 e. The Balaban J connectivity index is 2.05. The largest absolute Gasteiger partial charge is 0.480 e. The Morgan fingerprint density at radius 3 is 2.62 bits per heavy atom. The predicted octanol–water partition coefficient (Wildman–Crippen LogP) is 3.04. The number of carbonyl (C=O) groups excluding carboxylic acids is 2. The summed E-state index contributed by atoms with van der Waals surface area (Å²) >= 11 is 0. The number of anilines is 1. The highest BCUT2D eigenvalue weighted by atomic mass is 19.1. The van der Waals surface area contributed by atoms with Gasteiger partial charge in [-0.25, -0.2) is 4.39 Å². The van der Waals surface area contributed by atoms with Crippen LogP contribution < -0.4 is 10.1 Å². The first-order chi connectivity index (χ1) is 10.1. The lowest BCUT2D eigenvalue weighted by atomic mass is 10.2. The molecule has 0 spiro atoms. The Hall–Kier alpha value is -2.69. The third-order valence-electron chi connectivity index (χ3n) is 2.81. The molecule has 21 heavy (non-hydrogen) atoms. The fourth-order valence-electron chi connectivity index (χ4n) is 1.73. The second-order valence-electron chi connectivity index (χ2n) is 4.42. The molecule has 0 saturated carbocycles. The van der Waals surface area contributed by atoms with Crippen LogP contribution in [-0.4, -0.2) is 18.3 Å². The third kappa shape index (κ3) is 3.89. The van der Waals surface area contributed by atoms with E-state index in [9.17, 15) is 14.0 Å². The van der Waals surface area contributed by atoms with Gasteiger partial charge in [-0.2, -0.15) is 0 Å². The van der Waals surface area contributed by atoms with Gasteiger partial charge in [0, 0.05) is 5.69 Å². The van der Waals surface area contributed by atoms with E-state index in [2.05, 4.69) is 5.32 Å². The minimum absolute atomic E-state index is 0.0642. The number of halogens is 1. The van der Waals surface area contributed by atoms with Crippen LogP contribution in [0, 0.1) is 5.82 Å². The van der Waals surface area contributed by atoms with E-state index in [-0.39, 0.29) is 17.2 Å². The molecule has 0 aliphatic heterocycles. The van der Waals surface area contributed by atoms with Gasteiger partial charge in [-0.1, -0.05) is 18.2 Å². The van der Waals surface area contributed by atoms with Gasteiger partial charge < -0.3 is 10.1 Å².